The van der Waals surface area contributed by atoms with E-state index in [4.69, 9.17) is 5.73 Å². The van der Waals surface area contributed by atoms with Crippen molar-refractivity contribution in [2.75, 3.05) is 13.1 Å². The lowest BCUT2D eigenvalue weighted by molar-refractivity contribution is 0.0526. The lowest BCUT2D eigenvalue weighted by atomic mass is 9.79. The zero-order valence-corrected chi connectivity index (χ0v) is 12.9. The average Bonchev–Trinajstić information content (AvgIpc) is 2.93. The topological polar surface area (TPSA) is 75.0 Å². The van der Waals surface area contributed by atoms with Crippen LogP contribution in [0.1, 0.15) is 48.4 Å². The number of amides is 1. The van der Waals surface area contributed by atoms with E-state index in [-0.39, 0.29) is 29.8 Å². The van der Waals surface area contributed by atoms with E-state index in [1.54, 1.807) is 0 Å². The van der Waals surface area contributed by atoms with Crippen LogP contribution in [0.5, 0.6) is 0 Å². The highest BCUT2D eigenvalue weighted by Gasteiger charge is 2.37. The van der Waals surface area contributed by atoms with Crippen molar-refractivity contribution >= 4 is 18.3 Å². The number of hydrogen-bond acceptors (Lipinski definition) is 3. The molecule has 2 heterocycles. The maximum Gasteiger partial charge on any atom is 0.274 e. The number of fused-ring (bicyclic) bond motifs is 1. The van der Waals surface area contributed by atoms with Gasteiger partial charge in [-0.05, 0) is 31.1 Å². The molecule has 1 amide bonds. The number of piperidine rings is 1. The highest BCUT2D eigenvalue weighted by atomic mass is 35.5. The van der Waals surface area contributed by atoms with E-state index in [9.17, 15) is 4.79 Å². The first-order valence-corrected chi connectivity index (χ1v) is 7.10. The summed E-state index contributed by atoms with van der Waals surface area (Å²) in [5.41, 5.74) is 9.03. The summed E-state index contributed by atoms with van der Waals surface area (Å²) in [5, 5.41) is 7.25. The van der Waals surface area contributed by atoms with Gasteiger partial charge in [0, 0.05) is 30.4 Å². The van der Waals surface area contributed by atoms with Crippen LogP contribution in [0.15, 0.2) is 0 Å². The van der Waals surface area contributed by atoms with Crippen molar-refractivity contribution < 1.29 is 4.79 Å². The normalized spacial score (nSPS) is 24.1. The minimum Gasteiger partial charge on any atom is -0.337 e. The Kier molecular flexibility index (Phi) is 4.12. The standard InChI is InChI=1S/C14H22N4O.ClH/c1-14(2)8-18(7-6-11(14)15)13(19)12-9-4-3-5-10(9)16-17-12;/h11H,3-8,15H2,1-2H3,(H,16,17);1H. The van der Waals surface area contributed by atoms with Crippen LogP contribution in [0.25, 0.3) is 0 Å². The molecule has 0 aromatic carbocycles. The molecule has 1 fully saturated rings. The van der Waals surface area contributed by atoms with Crippen molar-refractivity contribution in [2.45, 2.75) is 45.6 Å². The second-order valence-electron chi connectivity index (χ2n) is 6.49. The second-order valence-corrected chi connectivity index (χ2v) is 6.49. The Morgan fingerprint density at radius 3 is 2.90 bits per heavy atom. The summed E-state index contributed by atoms with van der Waals surface area (Å²) in [5.74, 6) is 0.0689. The number of H-pyrrole nitrogens is 1. The Morgan fingerprint density at radius 1 is 1.45 bits per heavy atom. The van der Waals surface area contributed by atoms with Crippen molar-refractivity contribution in [1.29, 1.82) is 0 Å². The number of nitrogens with two attached hydrogens (primary N) is 1. The van der Waals surface area contributed by atoms with Crippen molar-refractivity contribution in [3.05, 3.63) is 17.0 Å². The number of rotatable bonds is 1. The maximum absolute atomic E-state index is 12.6. The van der Waals surface area contributed by atoms with Gasteiger partial charge < -0.3 is 10.6 Å². The third-order valence-electron chi connectivity index (χ3n) is 4.61. The monoisotopic (exact) mass is 298 g/mol. The van der Waals surface area contributed by atoms with Crippen LogP contribution in [0.4, 0.5) is 0 Å². The molecule has 1 atom stereocenters. The molecule has 0 radical (unpaired) electrons. The largest absolute Gasteiger partial charge is 0.337 e. The SMILES string of the molecule is CC1(C)CN(C(=O)c2n[nH]c3c2CCC3)CCC1N.Cl. The molecule has 1 aromatic heterocycles. The first-order chi connectivity index (χ1) is 8.99. The molecule has 0 bridgehead atoms. The fourth-order valence-electron chi connectivity index (χ4n) is 3.19. The van der Waals surface area contributed by atoms with Crippen LogP contribution in [0.2, 0.25) is 0 Å². The van der Waals surface area contributed by atoms with E-state index in [1.807, 2.05) is 4.90 Å². The molecule has 1 saturated heterocycles. The predicted molar refractivity (Wildman–Crippen MR) is 80.1 cm³/mol. The van der Waals surface area contributed by atoms with Gasteiger partial charge >= 0.3 is 0 Å². The number of nitrogens with zero attached hydrogens (tertiary/aromatic N) is 2. The molecule has 0 saturated carbocycles. The summed E-state index contributed by atoms with van der Waals surface area (Å²) in [4.78, 5) is 14.5. The fraction of sp³-hybridized carbons (Fsp3) is 0.714. The lowest BCUT2D eigenvalue weighted by Crippen LogP contribution is -2.54. The van der Waals surface area contributed by atoms with E-state index in [2.05, 4.69) is 24.0 Å². The Bertz CT molecular complexity index is 511. The van der Waals surface area contributed by atoms with Crippen molar-refractivity contribution in [2.24, 2.45) is 11.1 Å². The van der Waals surface area contributed by atoms with Gasteiger partial charge in [-0.15, -0.1) is 12.4 Å². The molecule has 1 aliphatic heterocycles. The van der Waals surface area contributed by atoms with Gasteiger partial charge in [0.1, 0.15) is 0 Å². The van der Waals surface area contributed by atoms with Crippen LogP contribution in [0.3, 0.4) is 0 Å². The number of aryl methyl sites for hydroxylation is 1. The quantitative estimate of drug-likeness (QED) is 0.825. The third-order valence-corrected chi connectivity index (χ3v) is 4.61. The van der Waals surface area contributed by atoms with Gasteiger partial charge in [-0.2, -0.15) is 5.10 Å². The zero-order chi connectivity index (χ0) is 13.6. The van der Waals surface area contributed by atoms with Gasteiger partial charge in [-0.1, -0.05) is 13.8 Å². The number of hydrogen-bond donors (Lipinski definition) is 2. The Hall–Kier alpha value is -1.07. The highest BCUT2D eigenvalue weighted by molar-refractivity contribution is 5.94. The van der Waals surface area contributed by atoms with E-state index in [0.717, 1.165) is 43.5 Å². The van der Waals surface area contributed by atoms with Crippen molar-refractivity contribution in [3.8, 4) is 0 Å². The van der Waals surface area contributed by atoms with E-state index >= 15 is 0 Å². The maximum atomic E-state index is 12.6. The van der Waals surface area contributed by atoms with Gasteiger partial charge in [0.05, 0.1) is 0 Å². The number of likely N-dealkylation sites (tertiary alicyclic amines) is 1. The molecule has 1 unspecified atom stereocenters. The molecular weight excluding hydrogens is 276 g/mol. The third kappa shape index (κ3) is 2.44. The molecule has 20 heavy (non-hydrogen) atoms. The smallest absolute Gasteiger partial charge is 0.274 e. The Morgan fingerprint density at radius 2 is 2.20 bits per heavy atom. The molecule has 2 aliphatic rings. The number of nitrogens with one attached hydrogen (secondary N) is 1. The van der Waals surface area contributed by atoms with Crippen LogP contribution in [0, 0.1) is 5.41 Å². The summed E-state index contributed by atoms with van der Waals surface area (Å²) in [6.45, 7) is 5.72. The number of aromatic amines is 1. The molecule has 6 heteroatoms. The second kappa shape index (κ2) is 5.37. The van der Waals surface area contributed by atoms with Gasteiger partial charge in [0.25, 0.3) is 5.91 Å². The van der Waals surface area contributed by atoms with Gasteiger partial charge in [0.15, 0.2) is 5.69 Å². The summed E-state index contributed by atoms with van der Waals surface area (Å²) in [7, 11) is 0. The number of aromatic nitrogens is 2. The minimum absolute atomic E-state index is 0. The van der Waals surface area contributed by atoms with Crippen molar-refractivity contribution in [3.63, 3.8) is 0 Å². The zero-order valence-electron chi connectivity index (χ0n) is 12.1. The first kappa shape index (κ1) is 15.3. The predicted octanol–water partition coefficient (Wildman–Crippen LogP) is 1.52. The van der Waals surface area contributed by atoms with Crippen molar-refractivity contribution in [1.82, 2.24) is 15.1 Å². The summed E-state index contributed by atoms with van der Waals surface area (Å²) < 4.78 is 0. The molecule has 3 rings (SSSR count). The molecule has 3 N–H and O–H groups in total. The molecule has 1 aromatic rings. The molecule has 112 valence electrons. The van der Waals surface area contributed by atoms with Gasteiger partial charge in [-0.25, -0.2) is 0 Å². The van der Waals surface area contributed by atoms with E-state index in [1.165, 1.54) is 0 Å². The van der Waals surface area contributed by atoms with E-state index < -0.39 is 0 Å². The number of halogens is 1. The number of carbonyl (C=O) groups excluding carboxylic acids is 1. The van der Waals surface area contributed by atoms with Gasteiger partial charge in [0.2, 0.25) is 0 Å². The van der Waals surface area contributed by atoms with Gasteiger partial charge in [-0.3, -0.25) is 9.89 Å². The summed E-state index contributed by atoms with van der Waals surface area (Å²) in [6.07, 6.45) is 3.99. The average molecular weight is 299 g/mol. The summed E-state index contributed by atoms with van der Waals surface area (Å²) in [6, 6.07) is 0.168. The number of carbonyl (C=O) groups is 1. The minimum atomic E-state index is -0.0204. The lowest BCUT2D eigenvalue weighted by Gasteiger charge is -2.42. The Labute approximate surface area is 125 Å². The summed E-state index contributed by atoms with van der Waals surface area (Å²) >= 11 is 0. The first-order valence-electron chi connectivity index (χ1n) is 7.10. The molecular formula is C14H23ClN4O. The fourth-order valence-corrected chi connectivity index (χ4v) is 3.19. The molecule has 0 spiro atoms. The van der Waals surface area contributed by atoms with Crippen LogP contribution in [-0.4, -0.2) is 40.1 Å². The molecule has 5 nitrogen and oxygen atoms in total. The Balaban J connectivity index is 0.00000147. The molecule has 1 aliphatic carbocycles. The van der Waals surface area contributed by atoms with Crippen LogP contribution in [-0.2, 0) is 12.8 Å². The highest BCUT2D eigenvalue weighted by Crippen LogP contribution is 2.30. The van der Waals surface area contributed by atoms with Crippen LogP contribution < -0.4 is 5.73 Å². The van der Waals surface area contributed by atoms with E-state index in [0.29, 0.717) is 12.2 Å². The van der Waals surface area contributed by atoms with Crippen LogP contribution >= 0.6 is 12.4 Å².